The lowest BCUT2D eigenvalue weighted by molar-refractivity contribution is 0.0989. The highest BCUT2D eigenvalue weighted by Crippen LogP contribution is 2.30. The maximum Gasteiger partial charge on any atom is 0.0668 e. The van der Waals surface area contributed by atoms with E-state index < -0.39 is 0 Å². The van der Waals surface area contributed by atoms with Gasteiger partial charge in [0.25, 0.3) is 0 Å². The van der Waals surface area contributed by atoms with Crippen LogP contribution >= 0.6 is 27.5 Å². The fourth-order valence-corrected chi connectivity index (χ4v) is 2.77. The molecule has 1 unspecified atom stereocenters. The molecule has 0 spiro atoms. The summed E-state index contributed by atoms with van der Waals surface area (Å²) >= 11 is 9.42. The zero-order valence-corrected chi connectivity index (χ0v) is 11.6. The van der Waals surface area contributed by atoms with Crippen LogP contribution in [0.1, 0.15) is 12.5 Å². The van der Waals surface area contributed by atoms with Crippen molar-refractivity contribution in [1.82, 2.24) is 0 Å². The second-order valence-corrected chi connectivity index (χ2v) is 5.16. The average Bonchev–Trinajstić information content (AvgIpc) is 2.30. The van der Waals surface area contributed by atoms with Gasteiger partial charge in [0.2, 0.25) is 0 Å². The summed E-state index contributed by atoms with van der Waals surface area (Å²) in [6.07, 6.45) is 0. The Kier molecular flexibility index (Phi) is 4.11. The quantitative estimate of drug-likeness (QED) is 0.776. The summed E-state index contributed by atoms with van der Waals surface area (Å²) in [4.78, 5) is 2.37. The van der Waals surface area contributed by atoms with E-state index in [0.717, 1.165) is 29.8 Å². The van der Waals surface area contributed by atoms with E-state index in [9.17, 15) is 0 Å². The van der Waals surface area contributed by atoms with Gasteiger partial charge in [-0.05, 0) is 40.5 Å². The Labute approximate surface area is 110 Å². The molecule has 1 heterocycles. The van der Waals surface area contributed by atoms with E-state index in [0.29, 0.717) is 11.9 Å². The lowest BCUT2D eigenvalue weighted by Crippen LogP contribution is -2.43. The van der Waals surface area contributed by atoms with Crippen LogP contribution in [0.15, 0.2) is 22.7 Å². The molecule has 0 N–H and O–H groups in total. The first-order valence-corrected chi connectivity index (χ1v) is 6.74. The van der Waals surface area contributed by atoms with Crippen molar-refractivity contribution in [2.75, 3.05) is 24.7 Å². The molecule has 1 saturated heterocycles. The number of morpholine rings is 1. The third-order valence-corrected chi connectivity index (χ3v) is 3.79. The number of anilines is 1. The number of ether oxygens (including phenoxy) is 1. The van der Waals surface area contributed by atoms with Crippen molar-refractivity contribution in [3.63, 3.8) is 0 Å². The molecule has 1 atom stereocenters. The van der Waals surface area contributed by atoms with Crippen molar-refractivity contribution >= 4 is 33.2 Å². The summed E-state index contributed by atoms with van der Waals surface area (Å²) in [5.74, 6) is 0.553. The second-order valence-electron chi connectivity index (χ2n) is 4.04. The number of hydrogen-bond acceptors (Lipinski definition) is 2. The van der Waals surface area contributed by atoms with E-state index in [4.69, 9.17) is 16.3 Å². The van der Waals surface area contributed by atoms with E-state index in [1.807, 2.05) is 0 Å². The van der Waals surface area contributed by atoms with E-state index in [1.54, 1.807) is 0 Å². The van der Waals surface area contributed by atoms with Gasteiger partial charge in [-0.2, -0.15) is 0 Å². The van der Waals surface area contributed by atoms with Gasteiger partial charge in [-0.15, -0.1) is 11.6 Å². The highest BCUT2D eigenvalue weighted by Gasteiger charge is 2.20. The van der Waals surface area contributed by atoms with Crippen LogP contribution in [0.3, 0.4) is 0 Å². The molecule has 2 nitrogen and oxygen atoms in total. The number of nitrogens with zero attached hydrogens (tertiary/aromatic N) is 1. The molecule has 0 aromatic heterocycles. The highest BCUT2D eigenvalue weighted by molar-refractivity contribution is 9.10. The van der Waals surface area contributed by atoms with Crippen LogP contribution in [0.5, 0.6) is 0 Å². The molecule has 1 aromatic carbocycles. The molecule has 1 fully saturated rings. The second kappa shape index (κ2) is 5.39. The molecule has 1 aromatic rings. The van der Waals surface area contributed by atoms with Crippen LogP contribution in [0, 0.1) is 0 Å². The van der Waals surface area contributed by atoms with Crippen molar-refractivity contribution in [3.8, 4) is 0 Å². The van der Waals surface area contributed by atoms with Crippen LogP contribution in [-0.2, 0) is 10.6 Å². The summed E-state index contributed by atoms with van der Waals surface area (Å²) in [5.41, 5.74) is 2.36. The normalized spacial score (nSPS) is 21.2. The molecule has 1 aliphatic heterocycles. The Morgan fingerprint density at radius 1 is 1.56 bits per heavy atom. The van der Waals surface area contributed by atoms with Gasteiger partial charge in [0, 0.05) is 22.9 Å². The van der Waals surface area contributed by atoms with Crippen molar-refractivity contribution < 1.29 is 4.74 Å². The number of hydrogen-bond donors (Lipinski definition) is 0. The summed E-state index contributed by atoms with van der Waals surface area (Å²) in [5, 5.41) is 0. The van der Waals surface area contributed by atoms with Crippen LogP contribution in [0.25, 0.3) is 0 Å². The topological polar surface area (TPSA) is 12.5 Å². The molecular weight excluding hydrogens is 289 g/mol. The van der Waals surface area contributed by atoms with Gasteiger partial charge in [0.1, 0.15) is 0 Å². The Morgan fingerprint density at radius 3 is 3.00 bits per heavy atom. The largest absolute Gasteiger partial charge is 0.377 e. The summed E-state index contributed by atoms with van der Waals surface area (Å²) < 4.78 is 6.55. The zero-order valence-electron chi connectivity index (χ0n) is 9.25. The molecule has 0 aliphatic carbocycles. The van der Waals surface area contributed by atoms with Crippen molar-refractivity contribution in [3.05, 3.63) is 28.2 Å². The van der Waals surface area contributed by atoms with Crippen LogP contribution in [-0.4, -0.2) is 25.8 Å². The minimum absolute atomic E-state index is 0.423. The van der Waals surface area contributed by atoms with Crippen molar-refractivity contribution in [2.45, 2.75) is 18.8 Å². The maximum atomic E-state index is 5.81. The predicted molar refractivity (Wildman–Crippen MR) is 71.3 cm³/mol. The minimum Gasteiger partial charge on any atom is -0.377 e. The number of alkyl halides is 1. The Hall–Kier alpha value is -0.250. The first-order chi connectivity index (χ1) is 7.72. The predicted octanol–water partition coefficient (Wildman–Crippen LogP) is 3.41. The average molecular weight is 305 g/mol. The van der Waals surface area contributed by atoms with E-state index in [1.165, 1.54) is 5.69 Å². The minimum atomic E-state index is 0.423. The molecular formula is C12H15BrClNO. The van der Waals surface area contributed by atoms with Gasteiger partial charge in [0.15, 0.2) is 0 Å². The van der Waals surface area contributed by atoms with Gasteiger partial charge in [-0.3, -0.25) is 0 Å². The Morgan fingerprint density at radius 2 is 2.38 bits per heavy atom. The molecule has 0 saturated carbocycles. The zero-order chi connectivity index (χ0) is 11.5. The number of benzene rings is 1. The monoisotopic (exact) mass is 303 g/mol. The fraction of sp³-hybridized carbons (Fsp3) is 0.500. The molecule has 16 heavy (non-hydrogen) atoms. The lowest BCUT2D eigenvalue weighted by Gasteiger charge is -2.36. The summed E-state index contributed by atoms with van der Waals surface area (Å²) in [6, 6.07) is 6.72. The van der Waals surface area contributed by atoms with Crippen LogP contribution in [0.2, 0.25) is 0 Å². The van der Waals surface area contributed by atoms with Gasteiger partial charge in [-0.25, -0.2) is 0 Å². The van der Waals surface area contributed by atoms with E-state index >= 15 is 0 Å². The molecule has 2 rings (SSSR count). The maximum absolute atomic E-state index is 5.81. The molecule has 0 bridgehead atoms. The lowest BCUT2D eigenvalue weighted by atomic mass is 10.1. The van der Waals surface area contributed by atoms with Crippen LogP contribution < -0.4 is 4.90 Å². The van der Waals surface area contributed by atoms with Gasteiger partial charge in [0.05, 0.1) is 18.9 Å². The third-order valence-electron chi connectivity index (χ3n) is 2.84. The fourth-order valence-electron chi connectivity index (χ4n) is 1.95. The number of halogens is 2. The molecule has 0 amide bonds. The van der Waals surface area contributed by atoms with Crippen LogP contribution in [0.4, 0.5) is 5.69 Å². The number of rotatable bonds is 2. The molecule has 0 radical (unpaired) electrons. The summed E-state index contributed by atoms with van der Waals surface area (Å²) in [7, 11) is 0. The Bertz CT molecular complexity index is 372. The Balaban J connectivity index is 2.25. The van der Waals surface area contributed by atoms with Gasteiger partial charge in [-0.1, -0.05) is 6.07 Å². The molecule has 88 valence electrons. The molecule has 4 heteroatoms. The van der Waals surface area contributed by atoms with E-state index in [2.05, 4.69) is 46.0 Å². The van der Waals surface area contributed by atoms with Gasteiger partial charge >= 0.3 is 0 Å². The van der Waals surface area contributed by atoms with Gasteiger partial charge < -0.3 is 9.64 Å². The summed E-state index contributed by atoms with van der Waals surface area (Å²) in [6.45, 7) is 4.72. The SMILES string of the molecule is CC1COCCN1c1ccc(CCl)cc1Br. The smallest absolute Gasteiger partial charge is 0.0668 e. The first-order valence-electron chi connectivity index (χ1n) is 5.41. The van der Waals surface area contributed by atoms with E-state index in [-0.39, 0.29) is 0 Å². The molecule has 1 aliphatic rings. The van der Waals surface area contributed by atoms with Crippen molar-refractivity contribution in [1.29, 1.82) is 0 Å². The standard InChI is InChI=1S/C12H15BrClNO/c1-9-8-16-5-4-15(9)12-3-2-10(7-14)6-11(12)13/h2-3,6,9H,4-5,7-8H2,1H3. The third kappa shape index (κ3) is 2.53. The van der Waals surface area contributed by atoms with Crippen molar-refractivity contribution in [2.24, 2.45) is 0 Å². The highest BCUT2D eigenvalue weighted by atomic mass is 79.9. The first kappa shape index (κ1) is 12.2.